The molecule has 1 aromatic carbocycles. The summed E-state index contributed by atoms with van der Waals surface area (Å²) < 4.78 is 38.4. The van der Waals surface area contributed by atoms with E-state index in [0.717, 1.165) is 49.2 Å². The summed E-state index contributed by atoms with van der Waals surface area (Å²) in [5.41, 5.74) is 1.66. The molecule has 0 radical (unpaired) electrons. The van der Waals surface area contributed by atoms with E-state index in [-0.39, 0.29) is 6.04 Å². The minimum absolute atomic E-state index is 0.0905. The van der Waals surface area contributed by atoms with Crippen molar-refractivity contribution in [1.82, 2.24) is 15.3 Å². The topological polar surface area (TPSA) is 41.1 Å². The van der Waals surface area contributed by atoms with Crippen LogP contribution in [0.4, 0.5) is 19.1 Å². The Bertz CT molecular complexity index is 720. The maximum atomic E-state index is 12.8. The predicted molar refractivity (Wildman–Crippen MR) is 91.4 cm³/mol. The number of halogens is 3. The van der Waals surface area contributed by atoms with Crippen molar-refractivity contribution in [2.24, 2.45) is 0 Å². The van der Waals surface area contributed by atoms with Gasteiger partial charge in [-0.15, -0.1) is 0 Å². The Morgan fingerprint density at radius 1 is 1.12 bits per heavy atom. The minimum atomic E-state index is -4.34. The van der Waals surface area contributed by atoms with Crippen LogP contribution in [-0.2, 0) is 6.18 Å². The number of anilines is 1. The highest BCUT2D eigenvalue weighted by atomic mass is 19.4. The lowest BCUT2D eigenvalue weighted by molar-refractivity contribution is -0.137. The van der Waals surface area contributed by atoms with Gasteiger partial charge in [0.2, 0.25) is 5.95 Å². The maximum absolute atomic E-state index is 12.8. The van der Waals surface area contributed by atoms with Gasteiger partial charge in [-0.3, -0.25) is 0 Å². The maximum Gasteiger partial charge on any atom is 0.416 e. The molecule has 4 nitrogen and oxygen atoms in total. The highest BCUT2D eigenvalue weighted by molar-refractivity contribution is 5.67. The molecule has 1 aliphatic rings. The van der Waals surface area contributed by atoms with Gasteiger partial charge in [-0.05, 0) is 37.1 Å². The van der Waals surface area contributed by atoms with Crippen molar-refractivity contribution in [2.75, 3.05) is 25.5 Å². The Morgan fingerprint density at radius 3 is 2.40 bits per heavy atom. The number of benzene rings is 1. The van der Waals surface area contributed by atoms with Gasteiger partial charge in [-0.25, -0.2) is 9.97 Å². The van der Waals surface area contributed by atoms with Gasteiger partial charge >= 0.3 is 6.18 Å². The van der Waals surface area contributed by atoms with E-state index in [1.165, 1.54) is 12.1 Å². The van der Waals surface area contributed by atoms with Gasteiger partial charge in [-0.2, -0.15) is 13.2 Å². The van der Waals surface area contributed by atoms with Crippen LogP contribution in [-0.4, -0.2) is 30.6 Å². The number of rotatable bonds is 3. The van der Waals surface area contributed by atoms with Gasteiger partial charge in [0.1, 0.15) is 0 Å². The number of nitrogens with zero attached hydrogens (tertiary/aromatic N) is 3. The van der Waals surface area contributed by atoms with E-state index in [1.807, 2.05) is 19.0 Å². The summed E-state index contributed by atoms with van der Waals surface area (Å²) in [7, 11) is 3.73. The van der Waals surface area contributed by atoms with Crippen molar-refractivity contribution in [1.29, 1.82) is 0 Å². The Labute approximate surface area is 145 Å². The number of nitrogens with one attached hydrogen (secondary N) is 1. The fourth-order valence-electron chi connectivity index (χ4n) is 3.01. The normalized spacial score (nSPS) is 18.2. The summed E-state index contributed by atoms with van der Waals surface area (Å²) >= 11 is 0. The van der Waals surface area contributed by atoms with E-state index in [4.69, 9.17) is 0 Å². The molecule has 0 aliphatic carbocycles. The summed E-state index contributed by atoms with van der Waals surface area (Å²) in [6.45, 7) is 0.915. The van der Waals surface area contributed by atoms with E-state index in [2.05, 4.69) is 15.3 Å². The van der Waals surface area contributed by atoms with Crippen molar-refractivity contribution in [3.63, 3.8) is 0 Å². The van der Waals surface area contributed by atoms with Crippen molar-refractivity contribution < 1.29 is 13.2 Å². The largest absolute Gasteiger partial charge is 0.416 e. The lowest BCUT2D eigenvalue weighted by Gasteiger charge is -2.26. The van der Waals surface area contributed by atoms with Crippen molar-refractivity contribution in [3.05, 3.63) is 41.7 Å². The molecule has 1 saturated heterocycles. The number of aromatic nitrogens is 2. The van der Waals surface area contributed by atoms with Gasteiger partial charge in [0, 0.05) is 25.9 Å². The third kappa shape index (κ3) is 3.92. The first kappa shape index (κ1) is 17.7. The second-order valence-corrected chi connectivity index (χ2v) is 6.44. The van der Waals surface area contributed by atoms with Gasteiger partial charge < -0.3 is 10.2 Å². The van der Waals surface area contributed by atoms with Gasteiger partial charge in [0.15, 0.2) is 0 Å². The molecule has 1 atom stereocenters. The SMILES string of the molecule is CN(C)c1ncc(-c2ccc(C(F)(F)F)cc2)c([C@@H]2CCCCN2)n1. The molecule has 1 fully saturated rings. The van der Waals surface area contributed by atoms with Crippen molar-refractivity contribution in [2.45, 2.75) is 31.5 Å². The molecule has 0 bridgehead atoms. The molecule has 7 heteroatoms. The molecule has 3 rings (SSSR count). The number of piperidine rings is 1. The van der Waals surface area contributed by atoms with Crippen LogP contribution in [0.5, 0.6) is 0 Å². The van der Waals surface area contributed by atoms with Gasteiger partial charge in [0.25, 0.3) is 0 Å². The second kappa shape index (κ2) is 7.00. The van der Waals surface area contributed by atoms with Gasteiger partial charge in [-0.1, -0.05) is 18.6 Å². The van der Waals surface area contributed by atoms with Crippen LogP contribution in [0.25, 0.3) is 11.1 Å². The van der Waals surface area contributed by atoms with E-state index in [0.29, 0.717) is 11.5 Å². The molecule has 2 heterocycles. The molecule has 1 aromatic heterocycles. The van der Waals surface area contributed by atoms with Crippen LogP contribution in [0.3, 0.4) is 0 Å². The van der Waals surface area contributed by atoms with Crippen LogP contribution < -0.4 is 10.2 Å². The van der Waals surface area contributed by atoms with Gasteiger partial charge in [0.05, 0.1) is 17.3 Å². The Balaban J connectivity index is 2.02. The molecule has 134 valence electrons. The number of alkyl halides is 3. The molecular formula is C18H21F3N4. The zero-order chi connectivity index (χ0) is 18.0. The average Bonchev–Trinajstić information content (AvgIpc) is 2.61. The molecule has 2 aromatic rings. The second-order valence-electron chi connectivity index (χ2n) is 6.44. The molecule has 0 amide bonds. The molecule has 25 heavy (non-hydrogen) atoms. The van der Waals surface area contributed by atoms with Crippen LogP contribution in [0.1, 0.15) is 36.6 Å². The standard InChI is InChI=1S/C18H21F3N4/c1-25(2)17-23-11-14(16(24-17)15-5-3-4-10-22-15)12-6-8-13(9-7-12)18(19,20)21/h6-9,11,15,22H,3-5,10H2,1-2H3/t15-/m0/s1. The molecule has 1 N–H and O–H groups in total. The first-order valence-corrected chi connectivity index (χ1v) is 8.31. The van der Waals surface area contributed by atoms with E-state index >= 15 is 0 Å². The lowest BCUT2D eigenvalue weighted by Crippen LogP contribution is -2.28. The molecule has 0 saturated carbocycles. The quantitative estimate of drug-likeness (QED) is 0.907. The number of hydrogen-bond donors (Lipinski definition) is 1. The zero-order valence-electron chi connectivity index (χ0n) is 14.3. The van der Waals surface area contributed by atoms with Crippen molar-refractivity contribution in [3.8, 4) is 11.1 Å². The van der Waals surface area contributed by atoms with Crippen LogP contribution in [0.2, 0.25) is 0 Å². The first-order valence-electron chi connectivity index (χ1n) is 8.31. The van der Waals surface area contributed by atoms with E-state index in [1.54, 1.807) is 6.20 Å². The summed E-state index contributed by atoms with van der Waals surface area (Å²) in [5, 5.41) is 3.46. The highest BCUT2D eigenvalue weighted by Gasteiger charge is 2.30. The van der Waals surface area contributed by atoms with E-state index in [9.17, 15) is 13.2 Å². The first-order chi connectivity index (χ1) is 11.9. The molecule has 0 unspecified atom stereocenters. The van der Waals surface area contributed by atoms with Crippen LogP contribution >= 0.6 is 0 Å². The molecular weight excluding hydrogens is 329 g/mol. The fraction of sp³-hybridized carbons (Fsp3) is 0.444. The minimum Gasteiger partial charge on any atom is -0.347 e. The van der Waals surface area contributed by atoms with Crippen molar-refractivity contribution >= 4 is 5.95 Å². The Morgan fingerprint density at radius 2 is 1.84 bits per heavy atom. The molecule has 0 spiro atoms. The predicted octanol–water partition coefficient (Wildman–Crippen LogP) is 4.04. The Kier molecular flexibility index (Phi) is 4.94. The van der Waals surface area contributed by atoms with Crippen LogP contribution in [0, 0.1) is 0 Å². The lowest BCUT2D eigenvalue weighted by atomic mass is 9.95. The summed E-state index contributed by atoms with van der Waals surface area (Å²) in [4.78, 5) is 10.8. The average molecular weight is 350 g/mol. The smallest absolute Gasteiger partial charge is 0.347 e. The van der Waals surface area contributed by atoms with E-state index < -0.39 is 11.7 Å². The van der Waals surface area contributed by atoms with Crippen LogP contribution in [0.15, 0.2) is 30.5 Å². The fourth-order valence-corrected chi connectivity index (χ4v) is 3.01. The number of hydrogen-bond acceptors (Lipinski definition) is 4. The monoisotopic (exact) mass is 350 g/mol. The third-order valence-corrected chi connectivity index (χ3v) is 4.37. The summed E-state index contributed by atoms with van der Waals surface area (Å²) in [5.74, 6) is 0.595. The highest BCUT2D eigenvalue weighted by Crippen LogP contribution is 2.34. The Hall–Kier alpha value is -2.15. The third-order valence-electron chi connectivity index (χ3n) is 4.37. The zero-order valence-corrected chi connectivity index (χ0v) is 14.3. The molecule has 1 aliphatic heterocycles. The summed E-state index contributed by atoms with van der Waals surface area (Å²) in [6.07, 6.45) is 0.550. The summed E-state index contributed by atoms with van der Waals surface area (Å²) in [6, 6.07) is 5.28.